The molecule has 28 heavy (non-hydrogen) atoms. The first kappa shape index (κ1) is 18.2. The number of para-hydroxylation sites is 1. The number of aromatic nitrogens is 2. The molecule has 0 atom stereocenters. The SMILES string of the molecule is O=c1c2cc(F)ccc2nc(Nc2ccc(CO)cc2Cl)n1-c1ccccc1. The first-order valence-corrected chi connectivity index (χ1v) is 8.88. The summed E-state index contributed by atoms with van der Waals surface area (Å²) < 4.78 is 15.1. The van der Waals surface area contributed by atoms with Crippen LogP contribution in [0.15, 0.2) is 71.5 Å². The fraction of sp³-hybridized carbons (Fsp3) is 0.0476. The van der Waals surface area contributed by atoms with Gasteiger partial charge in [-0.3, -0.25) is 4.79 Å². The fourth-order valence-corrected chi connectivity index (χ4v) is 3.19. The first-order chi connectivity index (χ1) is 13.6. The molecule has 3 aromatic carbocycles. The summed E-state index contributed by atoms with van der Waals surface area (Å²) in [6.07, 6.45) is 0. The monoisotopic (exact) mass is 395 g/mol. The number of aliphatic hydroxyl groups is 1. The van der Waals surface area contributed by atoms with Crippen LogP contribution < -0.4 is 10.9 Å². The molecule has 1 aromatic heterocycles. The third kappa shape index (κ3) is 3.35. The van der Waals surface area contributed by atoms with E-state index in [0.717, 1.165) is 0 Å². The van der Waals surface area contributed by atoms with Crippen LogP contribution in [0.1, 0.15) is 5.56 Å². The molecule has 0 spiro atoms. The number of halogens is 2. The Bertz CT molecular complexity index is 1230. The largest absolute Gasteiger partial charge is 0.392 e. The van der Waals surface area contributed by atoms with Gasteiger partial charge in [0.05, 0.1) is 33.9 Å². The van der Waals surface area contributed by atoms with Gasteiger partial charge in [-0.1, -0.05) is 35.9 Å². The van der Waals surface area contributed by atoms with Crippen LogP contribution >= 0.6 is 11.6 Å². The topological polar surface area (TPSA) is 67.2 Å². The molecule has 1 heterocycles. The molecule has 0 bridgehead atoms. The summed E-state index contributed by atoms with van der Waals surface area (Å²) in [6.45, 7) is -0.130. The smallest absolute Gasteiger partial charge is 0.267 e. The minimum atomic E-state index is -0.505. The van der Waals surface area contributed by atoms with E-state index < -0.39 is 11.4 Å². The highest BCUT2D eigenvalue weighted by Gasteiger charge is 2.15. The molecule has 5 nitrogen and oxygen atoms in total. The van der Waals surface area contributed by atoms with Crippen molar-refractivity contribution in [3.05, 3.63) is 93.5 Å². The Morgan fingerprint density at radius 1 is 1.07 bits per heavy atom. The van der Waals surface area contributed by atoms with Crippen molar-refractivity contribution < 1.29 is 9.50 Å². The molecule has 7 heteroatoms. The zero-order valence-corrected chi connectivity index (χ0v) is 15.3. The van der Waals surface area contributed by atoms with Crippen molar-refractivity contribution >= 4 is 34.1 Å². The molecule has 0 radical (unpaired) electrons. The summed E-state index contributed by atoms with van der Waals surface area (Å²) in [5.41, 5.74) is 1.73. The summed E-state index contributed by atoms with van der Waals surface area (Å²) in [7, 11) is 0. The highest BCUT2D eigenvalue weighted by atomic mass is 35.5. The van der Waals surface area contributed by atoms with Gasteiger partial charge in [-0.15, -0.1) is 0 Å². The summed E-state index contributed by atoms with van der Waals surface area (Å²) in [5, 5.41) is 12.9. The van der Waals surface area contributed by atoms with Crippen LogP contribution in [0, 0.1) is 5.82 Å². The molecular formula is C21H15ClFN3O2. The van der Waals surface area contributed by atoms with Gasteiger partial charge in [-0.25, -0.2) is 13.9 Å². The normalized spacial score (nSPS) is 11.0. The van der Waals surface area contributed by atoms with Crippen molar-refractivity contribution in [1.82, 2.24) is 9.55 Å². The van der Waals surface area contributed by atoms with Crippen LogP contribution in [0.25, 0.3) is 16.6 Å². The predicted molar refractivity (Wildman–Crippen MR) is 108 cm³/mol. The molecule has 0 saturated carbocycles. The van der Waals surface area contributed by atoms with Gasteiger partial charge in [-0.2, -0.15) is 0 Å². The highest BCUT2D eigenvalue weighted by molar-refractivity contribution is 6.33. The third-order valence-corrected chi connectivity index (χ3v) is 4.62. The Kier molecular flexibility index (Phi) is 4.81. The Morgan fingerprint density at radius 3 is 2.57 bits per heavy atom. The summed E-state index contributed by atoms with van der Waals surface area (Å²) in [4.78, 5) is 17.6. The van der Waals surface area contributed by atoms with Gasteiger partial charge in [0.1, 0.15) is 5.82 Å². The Labute approximate surface area is 164 Å². The fourth-order valence-electron chi connectivity index (χ4n) is 2.94. The molecular weight excluding hydrogens is 381 g/mol. The number of benzene rings is 3. The van der Waals surface area contributed by atoms with Gasteiger partial charge in [0, 0.05) is 0 Å². The number of aliphatic hydroxyl groups excluding tert-OH is 1. The van der Waals surface area contributed by atoms with E-state index in [1.54, 1.807) is 42.5 Å². The van der Waals surface area contributed by atoms with E-state index in [0.29, 0.717) is 27.5 Å². The molecule has 140 valence electrons. The molecule has 0 aliphatic carbocycles. The lowest BCUT2D eigenvalue weighted by atomic mass is 10.2. The van der Waals surface area contributed by atoms with Gasteiger partial charge in [0.25, 0.3) is 5.56 Å². The predicted octanol–water partition coefficient (Wildman–Crippen LogP) is 4.41. The minimum Gasteiger partial charge on any atom is -0.392 e. The average molecular weight is 396 g/mol. The molecule has 0 unspecified atom stereocenters. The molecule has 0 aliphatic rings. The molecule has 4 rings (SSSR count). The standard InChI is InChI=1S/C21H15ClFN3O2/c22-17-10-13(12-27)6-8-19(17)25-21-24-18-9-7-14(23)11-16(18)20(28)26(21)15-4-2-1-3-5-15/h1-11,27H,12H2,(H,24,25). The lowest BCUT2D eigenvalue weighted by molar-refractivity contribution is 0.282. The van der Waals surface area contributed by atoms with Crippen LogP contribution in [0.5, 0.6) is 0 Å². The van der Waals surface area contributed by atoms with E-state index in [1.165, 1.54) is 22.8 Å². The summed E-state index contributed by atoms with van der Waals surface area (Å²) in [5.74, 6) is -0.261. The van der Waals surface area contributed by atoms with Gasteiger partial charge < -0.3 is 10.4 Å². The van der Waals surface area contributed by atoms with Gasteiger partial charge >= 0.3 is 0 Å². The lowest BCUT2D eigenvalue weighted by Gasteiger charge is -2.16. The number of fused-ring (bicyclic) bond motifs is 1. The Morgan fingerprint density at radius 2 is 1.86 bits per heavy atom. The van der Waals surface area contributed by atoms with Crippen molar-refractivity contribution in [1.29, 1.82) is 0 Å². The van der Waals surface area contributed by atoms with Gasteiger partial charge in [-0.05, 0) is 48.0 Å². The van der Waals surface area contributed by atoms with Crippen LogP contribution in [-0.2, 0) is 6.61 Å². The first-order valence-electron chi connectivity index (χ1n) is 8.51. The van der Waals surface area contributed by atoms with E-state index in [9.17, 15) is 14.3 Å². The maximum Gasteiger partial charge on any atom is 0.267 e. The van der Waals surface area contributed by atoms with Crippen molar-refractivity contribution in [2.24, 2.45) is 0 Å². The van der Waals surface area contributed by atoms with Crippen molar-refractivity contribution in [2.45, 2.75) is 6.61 Å². The van der Waals surface area contributed by atoms with Gasteiger partial charge in [0.2, 0.25) is 5.95 Å². The quantitative estimate of drug-likeness (QED) is 0.537. The van der Waals surface area contributed by atoms with Crippen molar-refractivity contribution in [2.75, 3.05) is 5.32 Å². The number of nitrogens with one attached hydrogen (secondary N) is 1. The molecule has 0 fully saturated rings. The summed E-state index contributed by atoms with van der Waals surface area (Å²) in [6, 6.07) is 17.9. The van der Waals surface area contributed by atoms with E-state index in [1.807, 2.05) is 6.07 Å². The maximum absolute atomic E-state index is 13.7. The van der Waals surface area contributed by atoms with E-state index in [2.05, 4.69) is 10.3 Å². The second-order valence-electron chi connectivity index (χ2n) is 6.17. The number of hydrogen-bond acceptors (Lipinski definition) is 4. The van der Waals surface area contributed by atoms with E-state index >= 15 is 0 Å². The zero-order valence-electron chi connectivity index (χ0n) is 14.6. The van der Waals surface area contributed by atoms with Gasteiger partial charge in [0.15, 0.2) is 0 Å². The third-order valence-electron chi connectivity index (χ3n) is 4.31. The molecule has 4 aromatic rings. The minimum absolute atomic E-state index is 0.130. The van der Waals surface area contributed by atoms with Crippen LogP contribution in [0.4, 0.5) is 16.0 Å². The van der Waals surface area contributed by atoms with E-state index in [4.69, 9.17) is 11.6 Å². The summed E-state index contributed by atoms with van der Waals surface area (Å²) >= 11 is 6.30. The maximum atomic E-state index is 13.7. The van der Waals surface area contributed by atoms with Crippen LogP contribution in [-0.4, -0.2) is 14.7 Å². The highest BCUT2D eigenvalue weighted by Crippen LogP contribution is 2.27. The van der Waals surface area contributed by atoms with Crippen molar-refractivity contribution in [3.8, 4) is 5.69 Å². The van der Waals surface area contributed by atoms with Crippen LogP contribution in [0.2, 0.25) is 5.02 Å². The lowest BCUT2D eigenvalue weighted by Crippen LogP contribution is -2.23. The number of rotatable bonds is 4. The Balaban J connectivity index is 1.94. The Hall–Kier alpha value is -3.22. The van der Waals surface area contributed by atoms with E-state index in [-0.39, 0.29) is 17.9 Å². The number of anilines is 2. The number of nitrogens with zero attached hydrogens (tertiary/aromatic N) is 2. The molecule has 2 N–H and O–H groups in total. The number of hydrogen-bond donors (Lipinski definition) is 2. The second kappa shape index (κ2) is 7.42. The van der Waals surface area contributed by atoms with Crippen molar-refractivity contribution in [3.63, 3.8) is 0 Å². The molecule has 0 saturated heterocycles. The zero-order chi connectivity index (χ0) is 19.7. The van der Waals surface area contributed by atoms with Crippen LogP contribution in [0.3, 0.4) is 0 Å². The second-order valence-corrected chi connectivity index (χ2v) is 6.58. The molecule has 0 aliphatic heterocycles. The average Bonchev–Trinajstić information content (AvgIpc) is 2.71. The molecule has 0 amide bonds.